The van der Waals surface area contributed by atoms with Gasteiger partial charge in [0.25, 0.3) is 0 Å². The van der Waals surface area contributed by atoms with Gasteiger partial charge in [0, 0.05) is 11.4 Å². The summed E-state index contributed by atoms with van der Waals surface area (Å²) in [5.74, 6) is 1.44. The highest BCUT2D eigenvalue weighted by Gasteiger charge is 2.24. The molecule has 2 aliphatic carbocycles. The van der Waals surface area contributed by atoms with Gasteiger partial charge in [-0.25, -0.2) is 0 Å². The zero-order valence-corrected chi connectivity index (χ0v) is 16.1. The fourth-order valence-corrected chi connectivity index (χ4v) is 4.17. The van der Waals surface area contributed by atoms with Gasteiger partial charge >= 0.3 is 0 Å². The van der Waals surface area contributed by atoms with Crippen LogP contribution in [0.5, 0.6) is 5.75 Å². The predicted molar refractivity (Wildman–Crippen MR) is 114 cm³/mol. The van der Waals surface area contributed by atoms with E-state index in [4.69, 9.17) is 4.74 Å². The Morgan fingerprint density at radius 1 is 0.778 bits per heavy atom. The fraction of sp³-hybridized carbons (Fsp3) is 0.360. The molecule has 0 saturated heterocycles. The summed E-state index contributed by atoms with van der Waals surface area (Å²) < 4.78 is 6.22. The molecule has 2 nitrogen and oxygen atoms in total. The quantitative estimate of drug-likeness (QED) is 0.591. The van der Waals surface area contributed by atoms with Crippen LogP contribution < -0.4 is 9.64 Å². The maximum atomic E-state index is 6.22. The summed E-state index contributed by atoms with van der Waals surface area (Å²) in [5, 5.41) is 0. The van der Waals surface area contributed by atoms with E-state index >= 15 is 0 Å². The minimum atomic E-state index is 0.308. The first-order chi connectivity index (χ1) is 13.3. The van der Waals surface area contributed by atoms with Crippen molar-refractivity contribution in [2.24, 2.45) is 5.92 Å². The number of allylic oxidation sites excluding steroid dienone is 2. The van der Waals surface area contributed by atoms with Crippen LogP contribution in [0.25, 0.3) is 0 Å². The van der Waals surface area contributed by atoms with Crippen LogP contribution in [0.1, 0.15) is 39.0 Å². The smallest absolute Gasteiger partial charge is 0.119 e. The van der Waals surface area contributed by atoms with Gasteiger partial charge in [-0.05, 0) is 68.0 Å². The van der Waals surface area contributed by atoms with Crippen LogP contribution in [0.3, 0.4) is 0 Å². The Morgan fingerprint density at radius 2 is 1.44 bits per heavy atom. The average Bonchev–Trinajstić information content (AvgIpc) is 2.72. The average molecular weight is 360 g/mol. The molecule has 1 saturated carbocycles. The summed E-state index contributed by atoms with van der Waals surface area (Å²) in [6, 6.07) is 19.6. The minimum Gasteiger partial charge on any atom is -0.490 e. The van der Waals surface area contributed by atoms with Crippen molar-refractivity contribution in [3.63, 3.8) is 0 Å². The molecule has 27 heavy (non-hydrogen) atoms. The number of hydrogen-bond acceptors (Lipinski definition) is 2. The van der Waals surface area contributed by atoms with Gasteiger partial charge in [-0.15, -0.1) is 0 Å². The van der Waals surface area contributed by atoms with Gasteiger partial charge in [-0.2, -0.15) is 0 Å². The molecule has 4 rings (SSSR count). The van der Waals surface area contributed by atoms with Crippen LogP contribution in [-0.4, -0.2) is 12.1 Å². The lowest BCUT2D eigenvalue weighted by Gasteiger charge is -2.36. The molecule has 140 valence electrons. The van der Waals surface area contributed by atoms with Gasteiger partial charge < -0.3 is 9.64 Å². The standard InChI is InChI=1S/C25H29NO/c1-20-10-8-9-15-25(20)26(21-11-4-2-5-12-21)22-16-18-24(19-17-22)27-23-13-6-3-7-14-23/h2,4-5,8-12,15-20,23,25H,3,6-7,13-14H2,1H3. The predicted octanol–water partition coefficient (Wildman–Crippen LogP) is 6.67. The number of ether oxygens (including phenoxy) is 1. The van der Waals surface area contributed by atoms with Crippen molar-refractivity contribution < 1.29 is 4.74 Å². The van der Waals surface area contributed by atoms with E-state index in [0.29, 0.717) is 18.1 Å². The SMILES string of the molecule is CC1C=CC=CC1N(c1ccccc1)c1ccc(OC2CCCCC2)cc1. The molecule has 0 spiro atoms. The summed E-state index contributed by atoms with van der Waals surface area (Å²) in [6.07, 6.45) is 15.6. The van der Waals surface area contributed by atoms with E-state index in [2.05, 4.69) is 90.7 Å². The lowest BCUT2D eigenvalue weighted by atomic mass is 9.94. The monoisotopic (exact) mass is 359 g/mol. The molecule has 0 radical (unpaired) electrons. The molecule has 0 heterocycles. The van der Waals surface area contributed by atoms with E-state index in [1.807, 2.05) is 0 Å². The molecule has 2 heteroatoms. The van der Waals surface area contributed by atoms with Crippen LogP contribution in [0, 0.1) is 5.92 Å². The Bertz CT molecular complexity index is 772. The Balaban J connectivity index is 1.58. The molecular weight excluding hydrogens is 330 g/mol. The van der Waals surface area contributed by atoms with E-state index in [-0.39, 0.29) is 0 Å². The van der Waals surface area contributed by atoms with Gasteiger partial charge in [-0.3, -0.25) is 0 Å². The minimum absolute atomic E-state index is 0.308. The molecule has 0 N–H and O–H groups in total. The second kappa shape index (κ2) is 8.47. The second-order valence-corrected chi connectivity index (χ2v) is 7.70. The molecule has 0 amide bonds. The van der Waals surface area contributed by atoms with Gasteiger partial charge in [0.1, 0.15) is 5.75 Å². The number of rotatable bonds is 5. The van der Waals surface area contributed by atoms with Gasteiger partial charge in [0.15, 0.2) is 0 Å². The van der Waals surface area contributed by atoms with E-state index < -0.39 is 0 Å². The van der Waals surface area contributed by atoms with E-state index in [0.717, 1.165) is 5.75 Å². The van der Waals surface area contributed by atoms with E-state index in [9.17, 15) is 0 Å². The summed E-state index contributed by atoms with van der Waals surface area (Å²) in [4.78, 5) is 2.43. The molecule has 2 atom stereocenters. The molecule has 2 aliphatic rings. The Kier molecular flexibility index (Phi) is 5.62. The van der Waals surface area contributed by atoms with Crippen molar-refractivity contribution in [2.45, 2.75) is 51.2 Å². The molecule has 0 aromatic heterocycles. The van der Waals surface area contributed by atoms with Crippen molar-refractivity contribution in [3.05, 3.63) is 78.9 Å². The molecule has 2 aromatic rings. The lowest BCUT2D eigenvalue weighted by Crippen LogP contribution is -2.35. The number of benzene rings is 2. The molecule has 0 aliphatic heterocycles. The van der Waals surface area contributed by atoms with Gasteiger partial charge in [0.05, 0.1) is 12.1 Å². The molecule has 0 bridgehead atoms. The molecule has 2 unspecified atom stereocenters. The molecule has 2 aromatic carbocycles. The maximum Gasteiger partial charge on any atom is 0.119 e. The van der Waals surface area contributed by atoms with Gasteiger partial charge in [0.2, 0.25) is 0 Å². The fourth-order valence-electron chi connectivity index (χ4n) is 4.17. The van der Waals surface area contributed by atoms with Crippen LogP contribution in [-0.2, 0) is 0 Å². The lowest BCUT2D eigenvalue weighted by molar-refractivity contribution is 0.155. The summed E-state index contributed by atoms with van der Waals surface area (Å²) in [5.41, 5.74) is 2.42. The third-order valence-electron chi connectivity index (χ3n) is 5.68. The largest absolute Gasteiger partial charge is 0.490 e. The van der Waals surface area contributed by atoms with Crippen molar-refractivity contribution >= 4 is 11.4 Å². The van der Waals surface area contributed by atoms with Gasteiger partial charge in [-0.1, -0.05) is 55.8 Å². The van der Waals surface area contributed by atoms with Crippen molar-refractivity contribution in [2.75, 3.05) is 4.90 Å². The van der Waals surface area contributed by atoms with Crippen molar-refractivity contribution in [1.82, 2.24) is 0 Å². The number of para-hydroxylation sites is 1. The van der Waals surface area contributed by atoms with Crippen molar-refractivity contribution in [3.8, 4) is 5.75 Å². The zero-order chi connectivity index (χ0) is 18.5. The number of anilines is 2. The Hall–Kier alpha value is -2.48. The van der Waals surface area contributed by atoms with Crippen molar-refractivity contribution in [1.29, 1.82) is 0 Å². The molecular formula is C25H29NO. The Morgan fingerprint density at radius 3 is 2.15 bits per heavy atom. The van der Waals surface area contributed by atoms with E-state index in [1.54, 1.807) is 0 Å². The van der Waals surface area contributed by atoms with Crippen LogP contribution in [0.15, 0.2) is 78.9 Å². The Labute approximate surface area is 163 Å². The second-order valence-electron chi connectivity index (χ2n) is 7.70. The highest BCUT2D eigenvalue weighted by atomic mass is 16.5. The number of nitrogens with zero attached hydrogens (tertiary/aromatic N) is 1. The van der Waals surface area contributed by atoms with Crippen LogP contribution in [0.2, 0.25) is 0 Å². The first kappa shape index (κ1) is 17.9. The zero-order valence-electron chi connectivity index (χ0n) is 16.1. The summed E-state index contributed by atoms with van der Waals surface area (Å²) in [6.45, 7) is 2.28. The third kappa shape index (κ3) is 4.27. The maximum absolute atomic E-state index is 6.22. The van der Waals surface area contributed by atoms with Crippen LogP contribution in [0.4, 0.5) is 11.4 Å². The first-order valence-corrected chi connectivity index (χ1v) is 10.3. The van der Waals surface area contributed by atoms with E-state index in [1.165, 1.54) is 43.5 Å². The topological polar surface area (TPSA) is 12.5 Å². The highest BCUT2D eigenvalue weighted by molar-refractivity contribution is 5.66. The number of hydrogen-bond donors (Lipinski definition) is 0. The first-order valence-electron chi connectivity index (χ1n) is 10.3. The van der Waals surface area contributed by atoms with Crippen LogP contribution >= 0.6 is 0 Å². The summed E-state index contributed by atoms with van der Waals surface area (Å²) in [7, 11) is 0. The molecule has 1 fully saturated rings. The normalized spacial score (nSPS) is 22.6. The highest BCUT2D eigenvalue weighted by Crippen LogP contribution is 2.34. The summed E-state index contributed by atoms with van der Waals surface area (Å²) >= 11 is 0. The third-order valence-corrected chi connectivity index (χ3v) is 5.68.